The monoisotopic (exact) mass is 266 g/mol. The second-order valence-electron chi connectivity index (χ2n) is 5.80. The molecule has 2 atom stereocenters. The molecule has 0 saturated heterocycles. The summed E-state index contributed by atoms with van der Waals surface area (Å²) in [4.78, 5) is 23.6. The van der Waals surface area contributed by atoms with Gasteiger partial charge in [-0.25, -0.2) is 0 Å². The molecule has 19 heavy (non-hydrogen) atoms. The molecule has 0 radical (unpaired) electrons. The van der Waals surface area contributed by atoms with Gasteiger partial charge in [0.05, 0.1) is 17.6 Å². The number of hydrogen-bond acceptors (Lipinski definition) is 4. The molecule has 1 fully saturated rings. The normalized spacial score (nSPS) is 29.1. The number of carbonyl (C=O) groups is 2. The molecule has 1 N–H and O–H groups in total. The molecule has 0 aliphatic heterocycles. The van der Waals surface area contributed by atoms with Crippen LogP contribution in [0, 0.1) is 16.7 Å². The maximum Gasteiger partial charge on any atom is 0.320 e. The fourth-order valence-electron chi connectivity index (χ4n) is 2.82. The molecule has 1 heterocycles. The van der Waals surface area contributed by atoms with Crippen LogP contribution in [0.1, 0.15) is 33.6 Å². The van der Waals surface area contributed by atoms with Crippen LogP contribution in [-0.4, -0.2) is 17.0 Å². The molecule has 1 aromatic rings. The SMILES string of the molecule is CC1(C(=O)Oc2ccco2)CCC(C(=O)O)C1(C)C. The number of carboxylic acids is 1. The lowest BCUT2D eigenvalue weighted by molar-refractivity contribution is -0.156. The largest absolute Gasteiger partial charge is 0.481 e. The summed E-state index contributed by atoms with van der Waals surface area (Å²) in [7, 11) is 0. The molecule has 1 saturated carbocycles. The number of carboxylic acid groups (broad SMARTS) is 1. The molecule has 1 aliphatic rings. The van der Waals surface area contributed by atoms with Crippen LogP contribution in [0.5, 0.6) is 5.95 Å². The highest BCUT2D eigenvalue weighted by Crippen LogP contribution is 2.56. The summed E-state index contributed by atoms with van der Waals surface area (Å²) in [6.07, 6.45) is 2.40. The molecule has 1 aliphatic carbocycles. The van der Waals surface area contributed by atoms with Gasteiger partial charge in [-0.05, 0) is 31.2 Å². The first-order chi connectivity index (χ1) is 8.79. The smallest absolute Gasteiger partial charge is 0.320 e. The van der Waals surface area contributed by atoms with Crippen molar-refractivity contribution in [2.24, 2.45) is 16.7 Å². The van der Waals surface area contributed by atoms with Crippen molar-refractivity contribution in [1.82, 2.24) is 0 Å². The molecule has 0 bridgehead atoms. The Morgan fingerprint density at radius 3 is 2.58 bits per heavy atom. The van der Waals surface area contributed by atoms with Crippen LogP contribution in [0.25, 0.3) is 0 Å². The van der Waals surface area contributed by atoms with E-state index in [-0.39, 0.29) is 5.95 Å². The van der Waals surface area contributed by atoms with Crippen molar-refractivity contribution >= 4 is 11.9 Å². The van der Waals surface area contributed by atoms with Crippen molar-refractivity contribution in [3.05, 3.63) is 18.4 Å². The van der Waals surface area contributed by atoms with Crippen molar-refractivity contribution in [2.45, 2.75) is 33.6 Å². The first-order valence-corrected chi connectivity index (χ1v) is 6.27. The minimum Gasteiger partial charge on any atom is -0.481 e. The van der Waals surface area contributed by atoms with E-state index in [1.807, 2.05) is 13.8 Å². The number of hydrogen-bond donors (Lipinski definition) is 1. The summed E-state index contributed by atoms with van der Waals surface area (Å²) in [5, 5.41) is 9.25. The van der Waals surface area contributed by atoms with Gasteiger partial charge < -0.3 is 14.3 Å². The predicted octanol–water partition coefficient (Wildman–Crippen LogP) is 2.71. The highest BCUT2D eigenvalue weighted by atomic mass is 16.6. The average Bonchev–Trinajstić information content (AvgIpc) is 2.87. The molecule has 0 amide bonds. The third-order valence-corrected chi connectivity index (χ3v) is 4.66. The van der Waals surface area contributed by atoms with Crippen molar-refractivity contribution in [1.29, 1.82) is 0 Å². The van der Waals surface area contributed by atoms with Gasteiger partial charge in [0.15, 0.2) is 0 Å². The zero-order valence-electron chi connectivity index (χ0n) is 11.3. The molecular weight excluding hydrogens is 248 g/mol. The summed E-state index contributed by atoms with van der Waals surface area (Å²) in [5.74, 6) is -1.70. The Balaban J connectivity index is 2.23. The van der Waals surface area contributed by atoms with Crippen LogP contribution >= 0.6 is 0 Å². The van der Waals surface area contributed by atoms with Gasteiger partial charge in [0.1, 0.15) is 0 Å². The minimum absolute atomic E-state index is 0.140. The molecule has 2 unspecified atom stereocenters. The number of aliphatic carboxylic acids is 1. The van der Waals surface area contributed by atoms with Gasteiger partial charge in [-0.1, -0.05) is 13.8 Å². The molecule has 5 heteroatoms. The lowest BCUT2D eigenvalue weighted by atomic mass is 9.66. The molecular formula is C14H18O5. The molecule has 104 valence electrons. The fourth-order valence-corrected chi connectivity index (χ4v) is 2.82. The van der Waals surface area contributed by atoms with E-state index in [4.69, 9.17) is 9.15 Å². The van der Waals surface area contributed by atoms with Crippen LogP contribution in [0.2, 0.25) is 0 Å². The van der Waals surface area contributed by atoms with Crippen LogP contribution in [0.15, 0.2) is 22.8 Å². The highest BCUT2D eigenvalue weighted by Gasteiger charge is 2.59. The topological polar surface area (TPSA) is 76.7 Å². The minimum atomic E-state index is -0.862. The van der Waals surface area contributed by atoms with Crippen molar-refractivity contribution in [3.8, 4) is 5.95 Å². The highest BCUT2D eigenvalue weighted by molar-refractivity contribution is 5.82. The Bertz CT molecular complexity index is 488. The van der Waals surface area contributed by atoms with Crippen LogP contribution in [0.3, 0.4) is 0 Å². The predicted molar refractivity (Wildman–Crippen MR) is 66.6 cm³/mol. The summed E-state index contributed by atoms with van der Waals surface area (Å²) < 4.78 is 10.2. The Kier molecular flexibility index (Phi) is 3.16. The Morgan fingerprint density at radius 2 is 2.11 bits per heavy atom. The molecule has 2 rings (SSSR count). The van der Waals surface area contributed by atoms with E-state index in [1.54, 1.807) is 19.1 Å². The number of furan rings is 1. The van der Waals surface area contributed by atoms with Crippen molar-refractivity contribution < 1.29 is 23.8 Å². The van der Waals surface area contributed by atoms with E-state index >= 15 is 0 Å². The van der Waals surface area contributed by atoms with E-state index in [0.29, 0.717) is 12.8 Å². The van der Waals surface area contributed by atoms with Crippen LogP contribution in [-0.2, 0) is 9.59 Å². The Hall–Kier alpha value is -1.78. The molecule has 5 nitrogen and oxygen atoms in total. The van der Waals surface area contributed by atoms with Gasteiger partial charge in [0, 0.05) is 6.07 Å². The summed E-state index contributed by atoms with van der Waals surface area (Å²) in [6, 6.07) is 3.18. The van der Waals surface area contributed by atoms with E-state index in [0.717, 1.165) is 0 Å². The summed E-state index contributed by atoms with van der Waals surface area (Å²) in [5.41, 5.74) is -1.49. The third kappa shape index (κ3) is 2.03. The quantitative estimate of drug-likeness (QED) is 0.851. The third-order valence-electron chi connectivity index (χ3n) is 4.66. The van der Waals surface area contributed by atoms with Gasteiger partial charge in [-0.3, -0.25) is 9.59 Å². The second kappa shape index (κ2) is 4.40. The van der Waals surface area contributed by atoms with Crippen LogP contribution in [0.4, 0.5) is 0 Å². The van der Waals surface area contributed by atoms with Crippen LogP contribution < -0.4 is 4.74 Å². The average molecular weight is 266 g/mol. The van der Waals surface area contributed by atoms with E-state index in [2.05, 4.69) is 0 Å². The molecule has 0 spiro atoms. The van der Waals surface area contributed by atoms with Crippen molar-refractivity contribution in [2.75, 3.05) is 0 Å². The summed E-state index contributed by atoms with van der Waals surface area (Å²) >= 11 is 0. The summed E-state index contributed by atoms with van der Waals surface area (Å²) in [6.45, 7) is 5.38. The first kappa shape index (κ1) is 13.6. The van der Waals surface area contributed by atoms with E-state index < -0.39 is 28.7 Å². The maximum atomic E-state index is 12.3. The zero-order chi connectivity index (χ0) is 14.3. The lowest BCUT2D eigenvalue weighted by Crippen LogP contribution is -2.44. The van der Waals surface area contributed by atoms with E-state index in [9.17, 15) is 14.7 Å². The maximum absolute atomic E-state index is 12.3. The number of carbonyl (C=O) groups excluding carboxylic acids is 1. The first-order valence-electron chi connectivity index (χ1n) is 6.27. The second-order valence-corrected chi connectivity index (χ2v) is 5.80. The number of ether oxygens (including phenoxy) is 1. The lowest BCUT2D eigenvalue weighted by Gasteiger charge is -2.37. The van der Waals surface area contributed by atoms with E-state index in [1.165, 1.54) is 6.26 Å². The van der Waals surface area contributed by atoms with Gasteiger partial charge in [0.25, 0.3) is 5.95 Å². The zero-order valence-corrected chi connectivity index (χ0v) is 11.3. The van der Waals surface area contributed by atoms with Crippen molar-refractivity contribution in [3.63, 3.8) is 0 Å². The Labute approximate surface area is 111 Å². The standard InChI is InChI=1S/C14H18O5/c1-13(2)9(11(15)16)6-7-14(13,3)12(17)19-10-5-4-8-18-10/h4-5,8-9H,6-7H2,1-3H3,(H,15,16). The fraction of sp³-hybridized carbons (Fsp3) is 0.571. The van der Waals surface area contributed by atoms with Gasteiger partial charge in [-0.15, -0.1) is 0 Å². The number of esters is 1. The van der Waals surface area contributed by atoms with Gasteiger partial charge in [0.2, 0.25) is 0 Å². The number of rotatable bonds is 3. The van der Waals surface area contributed by atoms with Gasteiger partial charge >= 0.3 is 11.9 Å². The van der Waals surface area contributed by atoms with Gasteiger partial charge in [-0.2, -0.15) is 0 Å². The Morgan fingerprint density at radius 1 is 1.42 bits per heavy atom. The molecule has 0 aromatic carbocycles. The molecule has 1 aromatic heterocycles.